The second-order valence-electron chi connectivity index (χ2n) is 4.36. The van der Waals surface area contributed by atoms with Gasteiger partial charge >= 0.3 is 0 Å². The lowest BCUT2D eigenvalue weighted by Gasteiger charge is -2.34. The minimum Gasteiger partial charge on any atom is -0.320 e. The summed E-state index contributed by atoms with van der Waals surface area (Å²) in [7, 11) is 1.99. The van der Waals surface area contributed by atoms with Gasteiger partial charge in [-0.2, -0.15) is 0 Å². The fraction of sp³-hybridized carbons (Fsp3) is 0.818. The summed E-state index contributed by atoms with van der Waals surface area (Å²) in [6.07, 6.45) is 3.17. The van der Waals surface area contributed by atoms with Gasteiger partial charge in [-0.3, -0.25) is 4.90 Å². The molecule has 0 aromatic heterocycles. The molecule has 0 aliphatic carbocycles. The topological polar surface area (TPSA) is 15.3 Å². The molecule has 2 nitrogen and oxygen atoms in total. The zero-order chi connectivity index (χ0) is 10.3. The molecule has 0 bridgehead atoms. The second-order valence-corrected chi connectivity index (χ2v) is 4.36. The van der Waals surface area contributed by atoms with Gasteiger partial charge in [-0.15, -0.1) is 6.58 Å². The molecule has 0 saturated carbocycles. The van der Waals surface area contributed by atoms with Crippen molar-refractivity contribution >= 4 is 0 Å². The molecule has 0 rings (SSSR count). The minimum atomic E-state index is 0.252. The Hall–Kier alpha value is -0.340. The molecule has 0 spiro atoms. The van der Waals surface area contributed by atoms with E-state index in [4.69, 9.17) is 0 Å². The van der Waals surface area contributed by atoms with Crippen molar-refractivity contribution in [3.63, 3.8) is 0 Å². The molecule has 0 radical (unpaired) electrons. The fourth-order valence-corrected chi connectivity index (χ4v) is 1.30. The van der Waals surface area contributed by atoms with E-state index in [-0.39, 0.29) is 5.54 Å². The molecule has 0 heterocycles. The van der Waals surface area contributed by atoms with E-state index in [0.29, 0.717) is 0 Å². The van der Waals surface area contributed by atoms with Gasteiger partial charge in [0.05, 0.1) is 0 Å². The fourth-order valence-electron chi connectivity index (χ4n) is 1.30. The summed E-state index contributed by atoms with van der Waals surface area (Å²) in [5.41, 5.74) is 0.252. The third kappa shape index (κ3) is 5.83. The minimum absolute atomic E-state index is 0.252. The van der Waals surface area contributed by atoms with Crippen LogP contribution in [0, 0.1) is 0 Å². The summed E-state index contributed by atoms with van der Waals surface area (Å²) in [6.45, 7) is 13.7. The Bertz CT molecular complexity index is 136. The summed E-state index contributed by atoms with van der Waals surface area (Å²) in [6, 6.07) is 0. The first kappa shape index (κ1) is 12.7. The van der Waals surface area contributed by atoms with Crippen molar-refractivity contribution in [3.05, 3.63) is 12.7 Å². The smallest absolute Gasteiger partial charge is 0.0165 e. The quantitative estimate of drug-likeness (QED) is 0.501. The number of nitrogens with zero attached hydrogens (tertiary/aromatic N) is 1. The normalized spacial score (nSPS) is 12.1. The van der Waals surface area contributed by atoms with Crippen LogP contribution < -0.4 is 5.32 Å². The van der Waals surface area contributed by atoms with Gasteiger partial charge in [0.2, 0.25) is 0 Å². The van der Waals surface area contributed by atoms with Gasteiger partial charge in [0.25, 0.3) is 0 Å². The third-order valence-electron chi connectivity index (χ3n) is 2.15. The molecule has 0 saturated heterocycles. The highest BCUT2D eigenvalue weighted by atomic mass is 15.2. The lowest BCUT2D eigenvalue weighted by Crippen LogP contribution is -2.42. The van der Waals surface area contributed by atoms with Crippen LogP contribution in [-0.2, 0) is 0 Å². The zero-order valence-electron chi connectivity index (χ0n) is 9.56. The predicted octanol–water partition coefficient (Wildman–Crippen LogP) is 1.88. The van der Waals surface area contributed by atoms with Crippen molar-refractivity contribution in [1.82, 2.24) is 10.2 Å². The molecule has 0 unspecified atom stereocenters. The Kier molecular flexibility index (Phi) is 6.00. The maximum absolute atomic E-state index is 3.78. The van der Waals surface area contributed by atoms with Gasteiger partial charge < -0.3 is 5.32 Å². The molecule has 0 fully saturated rings. The van der Waals surface area contributed by atoms with Crippen LogP contribution in [0.3, 0.4) is 0 Å². The third-order valence-corrected chi connectivity index (χ3v) is 2.15. The van der Waals surface area contributed by atoms with Gasteiger partial charge in [0.1, 0.15) is 0 Å². The van der Waals surface area contributed by atoms with Gasteiger partial charge in [0.15, 0.2) is 0 Å². The number of rotatable bonds is 6. The molecular formula is C11H24N2. The molecule has 0 aliphatic rings. The van der Waals surface area contributed by atoms with E-state index >= 15 is 0 Å². The Morgan fingerprint density at radius 3 is 2.38 bits per heavy atom. The second kappa shape index (κ2) is 6.17. The maximum Gasteiger partial charge on any atom is 0.0165 e. The average Bonchev–Trinajstić information content (AvgIpc) is 2.01. The van der Waals surface area contributed by atoms with Crippen molar-refractivity contribution in [2.24, 2.45) is 0 Å². The van der Waals surface area contributed by atoms with Crippen molar-refractivity contribution < 1.29 is 0 Å². The molecule has 0 aliphatic heterocycles. The molecule has 1 N–H and O–H groups in total. The standard InChI is InChI=1S/C11H24N2/c1-6-9-13(11(2,3)4)10-7-8-12-5/h6,12H,1,7-10H2,2-5H3. The van der Waals surface area contributed by atoms with Crippen LogP contribution >= 0.6 is 0 Å². The first-order valence-electron chi connectivity index (χ1n) is 5.03. The summed E-state index contributed by atoms with van der Waals surface area (Å²) in [5, 5.41) is 3.16. The van der Waals surface area contributed by atoms with Crippen molar-refractivity contribution in [3.8, 4) is 0 Å². The van der Waals surface area contributed by atoms with Crippen LogP contribution in [0.2, 0.25) is 0 Å². The SMILES string of the molecule is C=CCN(CCCNC)C(C)(C)C. The maximum atomic E-state index is 3.78. The van der Waals surface area contributed by atoms with E-state index in [1.165, 1.54) is 6.42 Å². The van der Waals surface area contributed by atoms with E-state index < -0.39 is 0 Å². The van der Waals surface area contributed by atoms with Crippen molar-refractivity contribution in [2.45, 2.75) is 32.7 Å². The molecule has 2 heteroatoms. The highest BCUT2D eigenvalue weighted by molar-refractivity contribution is 4.82. The van der Waals surface area contributed by atoms with E-state index in [1.807, 2.05) is 13.1 Å². The van der Waals surface area contributed by atoms with Crippen LogP contribution in [0.1, 0.15) is 27.2 Å². The van der Waals surface area contributed by atoms with Crippen LogP contribution in [0.4, 0.5) is 0 Å². The average molecular weight is 184 g/mol. The summed E-state index contributed by atoms with van der Waals surface area (Å²) >= 11 is 0. The highest BCUT2D eigenvalue weighted by Gasteiger charge is 2.18. The van der Waals surface area contributed by atoms with E-state index in [0.717, 1.165) is 19.6 Å². The summed E-state index contributed by atoms with van der Waals surface area (Å²) < 4.78 is 0. The summed E-state index contributed by atoms with van der Waals surface area (Å²) in [4.78, 5) is 2.44. The Morgan fingerprint density at radius 1 is 1.38 bits per heavy atom. The number of hydrogen-bond acceptors (Lipinski definition) is 2. The first-order chi connectivity index (χ1) is 6.02. The zero-order valence-corrected chi connectivity index (χ0v) is 9.56. The molecule has 0 aromatic carbocycles. The monoisotopic (exact) mass is 184 g/mol. The molecule has 0 amide bonds. The highest BCUT2D eigenvalue weighted by Crippen LogP contribution is 2.12. The Balaban J connectivity index is 3.87. The van der Waals surface area contributed by atoms with Gasteiger partial charge in [-0.05, 0) is 40.8 Å². The van der Waals surface area contributed by atoms with Crippen molar-refractivity contribution in [1.29, 1.82) is 0 Å². The number of hydrogen-bond donors (Lipinski definition) is 1. The molecule has 13 heavy (non-hydrogen) atoms. The van der Waals surface area contributed by atoms with Gasteiger partial charge in [-0.25, -0.2) is 0 Å². The van der Waals surface area contributed by atoms with E-state index in [9.17, 15) is 0 Å². The molecule has 0 atom stereocenters. The lowest BCUT2D eigenvalue weighted by atomic mass is 10.1. The van der Waals surface area contributed by atoms with Crippen molar-refractivity contribution in [2.75, 3.05) is 26.7 Å². The molecule has 0 aromatic rings. The van der Waals surface area contributed by atoms with Crippen LogP contribution in [0.5, 0.6) is 0 Å². The predicted molar refractivity (Wildman–Crippen MR) is 60.1 cm³/mol. The van der Waals surface area contributed by atoms with Crippen LogP contribution in [-0.4, -0.2) is 37.1 Å². The van der Waals surface area contributed by atoms with Crippen LogP contribution in [0.15, 0.2) is 12.7 Å². The molecule has 78 valence electrons. The lowest BCUT2D eigenvalue weighted by molar-refractivity contribution is 0.152. The van der Waals surface area contributed by atoms with E-state index in [1.54, 1.807) is 0 Å². The van der Waals surface area contributed by atoms with Gasteiger partial charge in [0, 0.05) is 18.6 Å². The number of nitrogens with one attached hydrogen (secondary N) is 1. The Morgan fingerprint density at radius 2 is 2.00 bits per heavy atom. The largest absolute Gasteiger partial charge is 0.320 e. The Labute approximate surface area is 83.0 Å². The summed E-state index contributed by atoms with van der Waals surface area (Å²) in [5.74, 6) is 0. The first-order valence-corrected chi connectivity index (χ1v) is 5.03. The van der Waals surface area contributed by atoms with Crippen LogP contribution in [0.25, 0.3) is 0 Å². The van der Waals surface area contributed by atoms with Gasteiger partial charge in [-0.1, -0.05) is 6.08 Å². The van der Waals surface area contributed by atoms with E-state index in [2.05, 4.69) is 37.6 Å². The molecular weight excluding hydrogens is 160 g/mol.